The van der Waals surface area contributed by atoms with E-state index in [2.05, 4.69) is 29.6 Å². The van der Waals surface area contributed by atoms with Crippen molar-refractivity contribution in [3.63, 3.8) is 0 Å². The van der Waals surface area contributed by atoms with Gasteiger partial charge in [-0.1, -0.05) is 29.3 Å². The largest absolute Gasteiger partial charge is 0.497 e. The molecule has 0 unspecified atom stereocenters. The van der Waals surface area contributed by atoms with E-state index in [4.69, 9.17) is 32.7 Å². The van der Waals surface area contributed by atoms with Crippen LogP contribution < -0.4 is 14.8 Å². The van der Waals surface area contributed by atoms with Gasteiger partial charge in [-0.3, -0.25) is 0 Å². The van der Waals surface area contributed by atoms with Gasteiger partial charge >= 0.3 is 0 Å². The molecule has 0 aliphatic carbocycles. The van der Waals surface area contributed by atoms with Crippen molar-refractivity contribution in [1.29, 1.82) is 0 Å². The highest BCUT2D eigenvalue weighted by molar-refractivity contribution is 6.35. The maximum atomic E-state index is 6.17. The molecule has 0 fully saturated rings. The third-order valence-electron chi connectivity index (χ3n) is 4.25. The smallest absolute Gasteiger partial charge is 0.119 e. The Balaban J connectivity index is 1.46. The van der Waals surface area contributed by atoms with E-state index in [1.165, 1.54) is 11.1 Å². The Bertz CT molecular complexity index is 864. The molecule has 0 atom stereocenters. The molecule has 0 aliphatic heterocycles. The van der Waals surface area contributed by atoms with Gasteiger partial charge in [-0.2, -0.15) is 0 Å². The summed E-state index contributed by atoms with van der Waals surface area (Å²) in [4.78, 5) is 0. The van der Waals surface area contributed by atoms with Crippen LogP contribution in [0.4, 0.5) is 0 Å². The fourth-order valence-corrected chi connectivity index (χ4v) is 3.15. The molecule has 3 aromatic rings. The van der Waals surface area contributed by atoms with Gasteiger partial charge in [-0.25, -0.2) is 0 Å². The first-order valence-corrected chi connectivity index (χ1v) is 9.50. The highest BCUT2D eigenvalue weighted by atomic mass is 35.5. The zero-order valence-electron chi connectivity index (χ0n) is 15.1. The quantitative estimate of drug-likeness (QED) is 0.584. The Labute approximate surface area is 169 Å². The van der Waals surface area contributed by atoms with E-state index < -0.39 is 0 Å². The van der Waals surface area contributed by atoms with Crippen LogP contribution in [0.1, 0.15) is 16.7 Å². The van der Waals surface area contributed by atoms with Crippen molar-refractivity contribution >= 4 is 23.2 Å². The maximum absolute atomic E-state index is 6.17. The molecule has 0 aliphatic rings. The summed E-state index contributed by atoms with van der Waals surface area (Å²) in [7, 11) is 1.68. The molecule has 5 heteroatoms. The Kier molecular flexibility index (Phi) is 6.99. The van der Waals surface area contributed by atoms with Crippen LogP contribution in [-0.2, 0) is 19.7 Å². The molecule has 0 saturated carbocycles. The summed E-state index contributed by atoms with van der Waals surface area (Å²) in [6.07, 6.45) is 0. The second-order valence-electron chi connectivity index (χ2n) is 6.21. The third-order valence-corrected chi connectivity index (χ3v) is 4.84. The van der Waals surface area contributed by atoms with E-state index in [1.54, 1.807) is 13.2 Å². The van der Waals surface area contributed by atoms with Crippen LogP contribution in [0.2, 0.25) is 10.0 Å². The highest BCUT2D eigenvalue weighted by Gasteiger charge is 2.04. The first-order valence-electron chi connectivity index (χ1n) is 8.74. The van der Waals surface area contributed by atoms with Crippen molar-refractivity contribution in [1.82, 2.24) is 0 Å². The highest BCUT2D eigenvalue weighted by Crippen LogP contribution is 2.22. The standard InChI is InChI=1S/C22H21Cl2NO2/c1-26-20-8-2-16(3-9-20)13-25-14-17-4-10-21(11-5-17)27-15-18-6-7-19(23)12-22(18)24/h2-12,25H,13-15H2,1H3/p+1. The monoisotopic (exact) mass is 402 g/mol. The molecule has 3 aromatic carbocycles. The van der Waals surface area contributed by atoms with Gasteiger partial charge in [0, 0.05) is 26.7 Å². The average Bonchev–Trinajstić information content (AvgIpc) is 2.69. The van der Waals surface area contributed by atoms with Crippen LogP contribution in [-0.4, -0.2) is 7.11 Å². The number of halogens is 2. The summed E-state index contributed by atoms with van der Waals surface area (Å²) in [5.41, 5.74) is 3.44. The molecule has 140 valence electrons. The van der Waals surface area contributed by atoms with Crippen LogP contribution >= 0.6 is 23.2 Å². The Hall–Kier alpha value is -2.20. The molecular formula is C22H22Cl2NO2+. The number of nitrogens with two attached hydrogens (primary N) is 1. The molecule has 0 radical (unpaired) electrons. The van der Waals surface area contributed by atoms with Gasteiger partial charge in [-0.15, -0.1) is 0 Å². The van der Waals surface area contributed by atoms with Gasteiger partial charge < -0.3 is 14.8 Å². The lowest BCUT2D eigenvalue weighted by Gasteiger charge is -2.09. The molecule has 0 spiro atoms. The maximum Gasteiger partial charge on any atom is 0.119 e. The van der Waals surface area contributed by atoms with Gasteiger partial charge in [0.1, 0.15) is 31.2 Å². The van der Waals surface area contributed by atoms with Gasteiger partial charge in [0.25, 0.3) is 0 Å². The summed E-state index contributed by atoms with van der Waals surface area (Å²) in [6, 6.07) is 21.7. The zero-order valence-corrected chi connectivity index (χ0v) is 16.6. The third kappa shape index (κ3) is 5.90. The summed E-state index contributed by atoms with van der Waals surface area (Å²) >= 11 is 12.1. The van der Waals surface area contributed by atoms with Gasteiger partial charge in [-0.05, 0) is 60.7 Å². The molecule has 0 bridgehead atoms. The second-order valence-corrected chi connectivity index (χ2v) is 7.06. The Morgan fingerprint density at radius 1 is 0.778 bits per heavy atom. The van der Waals surface area contributed by atoms with Gasteiger partial charge in [0.05, 0.1) is 7.11 Å². The van der Waals surface area contributed by atoms with Gasteiger partial charge in [0.15, 0.2) is 0 Å². The van der Waals surface area contributed by atoms with Crippen LogP contribution in [0.15, 0.2) is 66.7 Å². The minimum atomic E-state index is 0.416. The number of quaternary nitrogens is 1. The summed E-state index contributed by atoms with van der Waals surface area (Å²) in [5.74, 6) is 1.70. The lowest BCUT2D eigenvalue weighted by Crippen LogP contribution is -2.80. The molecule has 0 heterocycles. The summed E-state index contributed by atoms with van der Waals surface area (Å²) in [5, 5.41) is 3.51. The zero-order chi connectivity index (χ0) is 19.1. The van der Waals surface area contributed by atoms with Crippen LogP contribution in [0.5, 0.6) is 11.5 Å². The normalized spacial score (nSPS) is 10.6. The van der Waals surface area contributed by atoms with E-state index >= 15 is 0 Å². The van der Waals surface area contributed by atoms with Gasteiger partial charge in [0.2, 0.25) is 0 Å². The second kappa shape index (κ2) is 9.65. The summed E-state index contributed by atoms with van der Waals surface area (Å²) < 4.78 is 11.0. The van der Waals surface area contributed by atoms with Crippen LogP contribution in [0.25, 0.3) is 0 Å². The van der Waals surface area contributed by atoms with Crippen molar-refractivity contribution in [2.24, 2.45) is 0 Å². The number of ether oxygens (including phenoxy) is 2. The number of rotatable bonds is 8. The van der Waals surface area contributed by atoms with Crippen molar-refractivity contribution in [2.75, 3.05) is 7.11 Å². The predicted molar refractivity (Wildman–Crippen MR) is 110 cm³/mol. The SMILES string of the molecule is COc1ccc(C[NH2+]Cc2ccc(OCc3ccc(Cl)cc3Cl)cc2)cc1. The lowest BCUT2D eigenvalue weighted by molar-refractivity contribution is -0.686. The van der Waals surface area contributed by atoms with E-state index in [0.717, 1.165) is 30.2 Å². The first kappa shape index (κ1) is 19.6. The first-order chi connectivity index (χ1) is 13.1. The Morgan fingerprint density at radius 2 is 1.37 bits per heavy atom. The molecule has 0 saturated heterocycles. The fraction of sp³-hybridized carbons (Fsp3) is 0.182. The van der Waals surface area contributed by atoms with Crippen molar-refractivity contribution < 1.29 is 14.8 Å². The molecule has 3 rings (SSSR count). The van der Waals surface area contributed by atoms with Crippen molar-refractivity contribution in [3.05, 3.63) is 93.5 Å². The molecule has 0 aromatic heterocycles. The minimum Gasteiger partial charge on any atom is -0.497 e. The number of hydrogen-bond acceptors (Lipinski definition) is 2. The van der Waals surface area contributed by atoms with Crippen LogP contribution in [0, 0.1) is 0 Å². The van der Waals surface area contributed by atoms with Crippen LogP contribution in [0.3, 0.4) is 0 Å². The topological polar surface area (TPSA) is 35.1 Å². The summed E-state index contributed by atoms with van der Waals surface area (Å²) in [6.45, 7) is 2.26. The van der Waals surface area contributed by atoms with Crippen molar-refractivity contribution in [3.8, 4) is 11.5 Å². The molecule has 3 nitrogen and oxygen atoms in total. The van der Waals surface area contributed by atoms with E-state index in [9.17, 15) is 0 Å². The molecule has 27 heavy (non-hydrogen) atoms. The van der Waals surface area contributed by atoms with E-state index in [0.29, 0.717) is 16.7 Å². The molecule has 2 N–H and O–H groups in total. The predicted octanol–water partition coefficient (Wildman–Crippen LogP) is 4.84. The average molecular weight is 403 g/mol. The van der Waals surface area contributed by atoms with E-state index in [-0.39, 0.29) is 0 Å². The van der Waals surface area contributed by atoms with Crippen molar-refractivity contribution in [2.45, 2.75) is 19.7 Å². The minimum absolute atomic E-state index is 0.416. The van der Waals surface area contributed by atoms with E-state index in [1.807, 2.05) is 36.4 Å². The number of hydrogen-bond donors (Lipinski definition) is 1. The lowest BCUT2D eigenvalue weighted by atomic mass is 10.2. The Morgan fingerprint density at radius 3 is 1.93 bits per heavy atom. The number of benzene rings is 3. The molecular weight excluding hydrogens is 381 g/mol. The fourth-order valence-electron chi connectivity index (χ4n) is 2.69. The number of methoxy groups -OCH3 is 1. The molecule has 0 amide bonds.